The Bertz CT molecular complexity index is 477. The number of rotatable bonds is 5. The third kappa shape index (κ3) is 3.15. The van der Waals surface area contributed by atoms with E-state index in [0.29, 0.717) is 12.1 Å². The van der Waals surface area contributed by atoms with E-state index in [9.17, 15) is 0 Å². The molecule has 0 aromatic heterocycles. The van der Waals surface area contributed by atoms with Crippen LogP contribution in [0.15, 0.2) is 18.2 Å². The Morgan fingerprint density at radius 2 is 1.95 bits per heavy atom. The van der Waals surface area contributed by atoms with Crippen molar-refractivity contribution in [1.82, 2.24) is 15.1 Å². The number of piperazine rings is 3. The van der Waals surface area contributed by atoms with Crippen LogP contribution in [0.1, 0.15) is 36.1 Å². The molecule has 0 aliphatic carbocycles. The smallest absolute Gasteiger partial charge is 0.0493 e. The Hall–Kier alpha value is -0.900. The highest BCUT2D eigenvalue weighted by Gasteiger charge is 2.37. The van der Waals surface area contributed by atoms with Gasteiger partial charge in [0.25, 0.3) is 0 Å². The Balaban J connectivity index is 1.86. The van der Waals surface area contributed by atoms with Gasteiger partial charge in [0, 0.05) is 44.8 Å². The highest BCUT2D eigenvalue weighted by Crippen LogP contribution is 2.29. The lowest BCUT2D eigenvalue weighted by atomic mass is 9.90. The summed E-state index contributed by atoms with van der Waals surface area (Å²) < 4.78 is 0. The van der Waals surface area contributed by atoms with E-state index in [-0.39, 0.29) is 0 Å². The molecule has 2 atom stereocenters. The summed E-state index contributed by atoms with van der Waals surface area (Å²) >= 11 is 0. The third-order valence-corrected chi connectivity index (χ3v) is 5.08. The average molecular weight is 287 g/mol. The van der Waals surface area contributed by atoms with Crippen LogP contribution in [0.5, 0.6) is 0 Å². The number of nitrogens with zero attached hydrogens (tertiary/aromatic N) is 2. The number of aryl methyl sites for hydroxylation is 2. The Morgan fingerprint density at radius 3 is 2.52 bits per heavy atom. The fourth-order valence-electron chi connectivity index (χ4n) is 3.90. The van der Waals surface area contributed by atoms with E-state index >= 15 is 0 Å². The zero-order valence-electron chi connectivity index (χ0n) is 13.7. The van der Waals surface area contributed by atoms with Gasteiger partial charge >= 0.3 is 0 Å². The summed E-state index contributed by atoms with van der Waals surface area (Å²) in [6, 6.07) is 8.03. The van der Waals surface area contributed by atoms with Crippen LogP contribution in [-0.2, 0) is 0 Å². The zero-order chi connectivity index (χ0) is 14.8. The summed E-state index contributed by atoms with van der Waals surface area (Å²) in [6.45, 7) is 14.0. The number of fused-ring (bicyclic) bond motifs is 3. The highest BCUT2D eigenvalue weighted by atomic mass is 15.4. The predicted molar refractivity (Wildman–Crippen MR) is 88.8 cm³/mol. The number of hydrogen-bond acceptors (Lipinski definition) is 3. The molecule has 0 radical (unpaired) electrons. The molecule has 1 N–H and O–H groups in total. The molecule has 116 valence electrons. The first-order chi connectivity index (χ1) is 10.2. The molecule has 0 spiro atoms. The number of nitrogens with one attached hydrogen (secondary N) is 1. The van der Waals surface area contributed by atoms with Crippen LogP contribution in [0.3, 0.4) is 0 Å². The maximum Gasteiger partial charge on any atom is 0.0493 e. The van der Waals surface area contributed by atoms with E-state index < -0.39 is 0 Å². The topological polar surface area (TPSA) is 18.5 Å². The van der Waals surface area contributed by atoms with Gasteiger partial charge in [0.15, 0.2) is 0 Å². The minimum absolute atomic E-state index is 0.466. The molecule has 1 aromatic carbocycles. The molecule has 3 fully saturated rings. The monoisotopic (exact) mass is 287 g/mol. The zero-order valence-corrected chi connectivity index (χ0v) is 13.7. The summed E-state index contributed by atoms with van der Waals surface area (Å²) in [5.41, 5.74) is 4.29. The molecule has 21 heavy (non-hydrogen) atoms. The van der Waals surface area contributed by atoms with Gasteiger partial charge in [-0.25, -0.2) is 0 Å². The molecule has 3 heteroatoms. The minimum atomic E-state index is 0.466. The van der Waals surface area contributed by atoms with Crippen molar-refractivity contribution >= 4 is 0 Å². The van der Waals surface area contributed by atoms with Crippen LogP contribution in [-0.4, -0.2) is 55.1 Å². The van der Waals surface area contributed by atoms with Gasteiger partial charge in [-0.05, 0) is 37.9 Å². The SMILES string of the molecule is CCCNC(c1ccc(C)cc1C)C1CN2CCN1CC2. The first-order valence-corrected chi connectivity index (χ1v) is 8.46. The molecular weight excluding hydrogens is 258 g/mol. The van der Waals surface area contributed by atoms with Crippen molar-refractivity contribution < 1.29 is 0 Å². The Labute approximate surface area is 129 Å². The van der Waals surface area contributed by atoms with Crippen molar-refractivity contribution in [2.24, 2.45) is 0 Å². The van der Waals surface area contributed by atoms with E-state index in [4.69, 9.17) is 0 Å². The summed E-state index contributed by atoms with van der Waals surface area (Å²) in [4.78, 5) is 5.33. The van der Waals surface area contributed by atoms with Crippen LogP contribution >= 0.6 is 0 Å². The molecule has 3 aliphatic rings. The molecule has 3 heterocycles. The van der Waals surface area contributed by atoms with E-state index in [0.717, 1.165) is 6.54 Å². The maximum absolute atomic E-state index is 3.83. The largest absolute Gasteiger partial charge is 0.309 e. The summed E-state index contributed by atoms with van der Waals surface area (Å²) in [5, 5.41) is 3.83. The molecule has 0 saturated carbocycles. The second kappa shape index (κ2) is 6.47. The molecule has 3 nitrogen and oxygen atoms in total. The standard InChI is InChI=1S/C18H29N3/c1-4-7-19-18(16-6-5-14(2)12-15(16)3)17-13-20-8-10-21(17)11-9-20/h5-6,12,17-19H,4,7-11,13H2,1-3H3. The van der Waals surface area contributed by atoms with Gasteiger partial charge in [-0.2, -0.15) is 0 Å². The molecule has 4 rings (SSSR count). The fraction of sp³-hybridized carbons (Fsp3) is 0.667. The van der Waals surface area contributed by atoms with Gasteiger partial charge in [0.1, 0.15) is 0 Å². The lowest BCUT2D eigenvalue weighted by Gasteiger charge is -2.50. The first-order valence-electron chi connectivity index (χ1n) is 8.46. The van der Waals surface area contributed by atoms with Gasteiger partial charge in [0.05, 0.1) is 0 Å². The van der Waals surface area contributed by atoms with Crippen LogP contribution in [0.2, 0.25) is 0 Å². The number of hydrogen-bond donors (Lipinski definition) is 1. The van der Waals surface area contributed by atoms with Gasteiger partial charge in [-0.1, -0.05) is 30.7 Å². The van der Waals surface area contributed by atoms with Crippen LogP contribution < -0.4 is 5.32 Å². The third-order valence-electron chi connectivity index (χ3n) is 5.08. The second-order valence-corrected chi connectivity index (χ2v) is 6.70. The van der Waals surface area contributed by atoms with Gasteiger partial charge in [0.2, 0.25) is 0 Å². The van der Waals surface area contributed by atoms with Gasteiger partial charge in [-0.15, -0.1) is 0 Å². The Kier molecular flexibility index (Phi) is 4.63. The molecule has 1 aromatic rings. The molecular formula is C18H29N3. The molecule has 0 amide bonds. The van der Waals surface area contributed by atoms with Crippen molar-refractivity contribution in [2.75, 3.05) is 39.3 Å². The maximum atomic E-state index is 3.83. The van der Waals surface area contributed by atoms with Crippen LogP contribution in [0, 0.1) is 13.8 Å². The van der Waals surface area contributed by atoms with E-state index in [1.165, 1.54) is 55.8 Å². The van der Waals surface area contributed by atoms with Crippen molar-refractivity contribution in [3.8, 4) is 0 Å². The number of benzene rings is 1. The average Bonchev–Trinajstić information content (AvgIpc) is 2.50. The molecule has 3 aliphatic heterocycles. The molecule has 2 unspecified atom stereocenters. The predicted octanol–water partition coefficient (Wildman–Crippen LogP) is 2.34. The summed E-state index contributed by atoms with van der Waals surface area (Å²) in [5.74, 6) is 0. The highest BCUT2D eigenvalue weighted by molar-refractivity contribution is 5.34. The van der Waals surface area contributed by atoms with E-state index in [1.807, 2.05) is 0 Å². The Morgan fingerprint density at radius 1 is 1.19 bits per heavy atom. The molecule has 3 saturated heterocycles. The minimum Gasteiger partial charge on any atom is -0.309 e. The lowest BCUT2D eigenvalue weighted by Crippen LogP contribution is -2.64. The van der Waals surface area contributed by atoms with E-state index in [1.54, 1.807) is 0 Å². The van der Waals surface area contributed by atoms with Crippen LogP contribution in [0.4, 0.5) is 0 Å². The second-order valence-electron chi connectivity index (χ2n) is 6.70. The van der Waals surface area contributed by atoms with Gasteiger partial charge in [-0.3, -0.25) is 9.80 Å². The van der Waals surface area contributed by atoms with Crippen molar-refractivity contribution in [1.29, 1.82) is 0 Å². The molecule has 2 bridgehead atoms. The fourth-order valence-corrected chi connectivity index (χ4v) is 3.90. The summed E-state index contributed by atoms with van der Waals surface area (Å²) in [6.07, 6.45) is 1.19. The quantitative estimate of drug-likeness (QED) is 0.897. The van der Waals surface area contributed by atoms with E-state index in [2.05, 4.69) is 54.1 Å². The summed E-state index contributed by atoms with van der Waals surface area (Å²) in [7, 11) is 0. The van der Waals surface area contributed by atoms with Gasteiger partial charge < -0.3 is 5.32 Å². The normalized spacial score (nSPS) is 29.6. The van der Waals surface area contributed by atoms with Crippen molar-refractivity contribution in [3.05, 3.63) is 34.9 Å². The van der Waals surface area contributed by atoms with Crippen molar-refractivity contribution in [2.45, 2.75) is 39.3 Å². The lowest BCUT2D eigenvalue weighted by molar-refractivity contribution is -0.00373. The van der Waals surface area contributed by atoms with Crippen LogP contribution in [0.25, 0.3) is 0 Å². The first kappa shape index (κ1) is 15.0. The van der Waals surface area contributed by atoms with Crippen molar-refractivity contribution in [3.63, 3.8) is 0 Å².